The standard InChI is InChI=1S/C16H17N2O6S/c1-15(2)9-12(16(3,4)18(15)21)24-14(20)17-13(19)10-7-5-6-8-11(10)25(17,22)23/h5-9H,1-4H3. The van der Waals surface area contributed by atoms with Gasteiger partial charge in [0, 0.05) is 0 Å². The molecule has 2 heterocycles. The Kier molecular flexibility index (Phi) is 3.61. The summed E-state index contributed by atoms with van der Waals surface area (Å²) in [6.07, 6.45) is 0.0877. The molecule has 0 unspecified atom stereocenters. The molecule has 2 amide bonds. The van der Waals surface area contributed by atoms with Crippen LogP contribution in [0.4, 0.5) is 4.79 Å². The van der Waals surface area contributed by atoms with E-state index < -0.39 is 33.1 Å². The Bertz CT molecular complexity index is 916. The molecule has 133 valence electrons. The van der Waals surface area contributed by atoms with Crippen molar-refractivity contribution in [1.29, 1.82) is 0 Å². The van der Waals surface area contributed by atoms with Crippen LogP contribution in [-0.4, -0.2) is 40.9 Å². The third kappa shape index (κ3) is 2.38. The van der Waals surface area contributed by atoms with Crippen LogP contribution in [0.3, 0.4) is 0 Å². The third-order valence-corrected chi connectivity index (χ3v) is 6.01. The second kappa shape index (κ2) is 5.13. The molecule has 0 bridgehead atoms. The van der Waals surface area contributed by atoms with Crippen molar-refractivity contribution in [1.82, 2.24) is 9.37 Å². The van der Waals surface area contributed by atoms with E-state index in [9.17, 15) is 23.2 Å². The van der Waals surface area contributed by atoms with Crippen LogP contribution in [-0.2, 0) is 20.0 Å². The number of rotatable bonds is 1. The Balaban J connectivity index is 1.95. The molecule has 0 atom stereocenters. The summed E-state index contributed by atoms with van der Waals surface area (Å²) in [7, 11) is -4.33. The van der Waals surface area contributed by atoms with Gasteiger partial charge in [-0.15, -0.1) is 14.6 Å². The van der Waals surface area contributed by atoms with E-state index in [2.05, 4.69) is 0 Å². The molecule has 1 aromatic rings. The maximum Gasteiger partial charge on any atom is 0.436 e. The van der Waals surface area contributed by atoms with Crippen molar-refractivity contribution in [2.24, 2.45) is 0 Å². The quantitative estimate of drug-likeness (QED) is 0.754. The van der Waals surface area contributed by atoms with Crippen LogP contribution >= 0.6 is 0 Å². The molecule has 3 rings (SSSR count). The Morgan fingerprint density at radius 1 is 1.12 bits per heavy atom. The fourth-order valence-corrected chi connectivity index (χ4v) is 4.46. The lowest BCUT2D eigenvalue weighted by Gasteiger charge is -2.32. The van der Waals surface area contributed by atoms with Crippen LogP contribution < -0.4 is 0 Å². The number of carbonyl (C=O) groups is 2. The molecule has 2 aliphatic heterocycles. The van der Waals surface area contributed by atoms with Gasteiger partial charge in [-0.25, -0.2) is 13.2 Å². The maximum absolute atomic E-state index is 12.5. The van der Waals surface area contributed by atoms with E-state index in [1.54, 1.807) is 27.7 Å². The second-order valence-corrected chi connectivity index (χ2v) is 8.71. The summed E-state index contributed by atoms with van der Waals surface area (Å²) in [4.78, 5) is 24.5. The highest BCUT2D eigenvalue weighted by atomic mass is 32.2. The van der Waals surface area contributed by atoms with Gasteiger partial charge in [0.25, 0.3) is 15.9 Å². The zero-order chi connectivity index (χ0) is 18.8. The van der Waals surface area contributed by atoms with Gasteiger partial charge in [-0.05, 0) is 45.9 Å². The lowest BCUT2D eigenvalue weighted by Crippen LogP contribution is -2.47. The normalized spacial score (nSPS) is 23.3. The van der Waals surface area contributed by atoms with E-state index in [0.717, 1.165) is 5.06 Å². The summed E-state index contributed by atoms with van der Waals surface area (Å²) in [6, 6.07) is 5.53. The van der Waals surface area contributed by atoms with E-state index in [4.69, 9.17) is 4.74 Å². The molecule has 9 heteroatoms. The van der Waals surface area contributed by atoms with E-state index in [0.29, 0.717) is 0 Å². The molecule has 25 heavy (non-hydrogen) atoms. The topological polar surface area (TPSA) is 104 Å². The number of imide groups is 1. The van der Waals surface area contributed by atoms with E-state index in [1.807, 2.05) is 0 Å². The third-order valence-electron chi connectivity index (χ3n) is 4.30. The van der Waals surface area contributed by atoms with Crippen LogP contribution in [0, 0.1) is 0 Å². The molecule has 8 nitrogen and oxygen atoms in total. The van der Waals surface area contributed by atoms with Crippen LogP contribution in [0.25, 0.3) is 0 Å². The summed E-state index contributed by atoms with van der Waals surface area (Å²) < 4.78 is 30.2. The van der Waals surface area contributed by atoms with Crippen molar-refractivity contribution in [2.75, 3.05) is 0 Å². The number of sulfonamides is 1. The van der Waals surface area contributed by atoms with Crippen LogP contribution in [0.5, 0.6) is 0 Å². The van der Waals surface area contributed by atoms with Crippen molar-refractivity contribution in [2.45, 2.75) is 43.7 Å². The minimum atomic E-state index is -4.33. The summed E-state index contributed by atoms with van der Waals surface area (Å²) >= 11 is 0. The molecule has 0 aromatic heterocycles. The SMILES string of the molecule is CC1(C)C=C(OC(=O)N2C(=O)c3ccccc3S2(=O)=O)C(C)(C)N1[O]. The Hall–Kier alpha value is -2.23. The minimum absolute atomic E-state index is 0.00328. The zero-order valence-corrected chi connectivity index (χ0v) is 15.0. The van der Waals surface area contributed by atoms with Crippen LogP contribution in [0.1, 0.15) is 38.1 Å². The first kappa shape index (κ1) is 17.6. The molecule has 0 spiro atoms. The van der Waals surface area contributed by atoms with Gasteiger partial charge < -0.3 is 4.74 Å². The first-order chi connectivity index (χ1) is 11.4. The monoisotopic (exact) mass is 365 g/mol. The smallest absolute Gasteiger partial charge is 0.412 e. The average molecular weight is 365 g/mol. The first-order valence-corrected chi connectivity index (χ1v) is 8.96. The van der Waals surface area contributed by atoms with Gasteiger partial charge >= 0.3 is 6.09 Å². The Morgan fingerprint density at radius 2 is 1.72 bits per heavy atom. The Morgan fingerprint density at radius 3 is 2.24 bits per heavy atom. The number of ether oxygens (including phenoxy) is 1. The van der Waals surface area contributed by atoms with E-state index in [-0.39, 0.29) is 20.5 Å². The summed E-state index contributed by atoms with van der Waals surface area (Å²) in [5, 5.41) is 13.1. The number of nitrogens with zero attached hydrogens (tertiary/aromatic N) is 2. The highest BCUT2D eigenvalue weighted by Gasteiger charge is 2.51. The van der Waals surface area contributed by atoms with E-state index in [1.165, 1.54) is 30.3 Å². The molecule has 2 aliphatic rings. The largest absolute Gasteiger partial charge is 0.436 e. The molecular formula is C16H17N2O6S. The molecule has 1 aromatic carbocycles. The average Bonchev–Trinajstić information content (AvgIpc) is 2.81. The number of fused-ring (bicyclic) bond motifs is 1. The summed E-state index contributed by atoms with van der Waals surface area (Å²) in [6.45, 7) is 6.36. The predicted molar refractivity (Wildman–Crippen MR) is 85.0 cm³/mol. The fourth-order valence-electron chi connectivity index (χ4n) is 3.03. The molecule has 0 N–H and O–H groups in total. The molecule has 0 aliphatic carbocycles. The van der Waals surface area contributed by atoms with Gasteiger partial charge in [-0.3, -0.25) is 4.79 Å². The molecular weight excluding hydrogens is 348 g/mol. The lowest BCUT2D eigenvalue weighted by molar-refractivity contribution is -0.242. The molecule has 0 saturated heterocycles. The number of hydrogen-bond donors (Lipinski definition) is 0. The van der Waals surface area contributed by atoms with Crippen molar-refractivity contribution >= 4 is 22.0 Å². The van der Waals surface area contributed by atoms with Crippen molar-refractivity contribution in [3.05, 3.63) is 41.7 Å². The summed E-state index contributed by atoms with van der Waals surface area (Å²) in [5.41, 5.74) is -2.21. The predicted octanol–water partition coefficient (Wildman–Crippen LogP) is 2.07. The van der Waals surface area contributed by atoms with Gasteiger partial charge in [0.05, 0.1) is 11.1 Å². The lowest BCUT2D eigenvalue weighted by atomic mass is 10.1. The molecule has 1 radical (unpaired) electrons. The Labute approximate surface area is 145 Å². The number of benzene rings is 1. The number of amides is 2. The van der Waals surface area contributed by atoms with Crippen LogP contribution in [0.15, 0.2) is 41.0 Å². The zero-order valence-electron chi connectivity index (χ0n) is 14.1. The van der Waals surface area contributed by atoms with Gasteiger partial charge in [-0.2, -0.15) is 0 Å². The van der Waals surface area contributed by atoms with Crippen LogP contribution in [0.2, 0.25) is 0 Å². The molecule has 0 saturated carbocycles. The second-order valence-electron chi connectivity index (χ2n) is 6.95. The maximum atomic E-state index is 12.5. The van der Waals surface area contributed by atoms with Crippen molar-refractivity contribution in [3.63, 3.8) is 0 Å². The van der Waals surface area contributed by atoms with Gasteiger partial charge in [0.15, 0.2) is 0 Å². The van der Waals surface area contributed by atoms with Gasteiger partial charge in [0.1, 0.15) is 16.2 Å². The molecule has 0 fully saturated rings. The summed E-state index contributed by atoms with van der Waals surface area (Å²) in [5.74, 6) is -0.980. The minimum Gasteiger partial charge on any atom is -0.412 e. The number of hydroxylamine groups is 2. The highest BCUT2D eigenvalue weighted by Crippen LogP contribution is 2.40. The van der Waals surface area contributed by atoms with Gasteiger partial charge in [0.2, 0.25) is 0 Å². The van der Waals surface area contributed by atoms with E-state index >= 15 is 0 Å². The first-order valence-electron chi connectivity index (χ1n) is 7.52. The van der Waals surface area contributed by atoms with Crippen molar-refractivity contribution in [3.8, 4) is 0 Å². The number of carbonyl (C=O) groups excluding carboxylic acids is 2. The number of hydrogen-bond acceptors (Lipinski definition) is 6. The fraction of sp³-hybridized carbons (Fsp3) is 0.375. The highest BCUT2D eigenvalue weighted by molar-refractivity contribution is 7.90. The van der Waals surface area contributed by atoms with Crippen molar-refractivity contribution < 1.29 is 28.0 Å². The van der Waals surface area contributed by atoms with Gasteiger partial charge in [-0.1, -0.05) is 12.1 Å².